The highest BCUT2D eigenvalue weighted by atomic mass is 32.1. The first kappa shape index (κ1) is 26.4. The first-order valence-corrected chi connectivity index (χ1v) is 15.9. The Hall–Kier alpha value is -5.98. The number of rotatable bonds is 5. The van der Waals surface area contributed by atoms with Crippen LogP contribution in [0.2, 0.25) is 0 Å². The molecule has 5 aromatic heterocycles. The van der Waals surface area contributed by atoms with E-state index < -0.39 is 0 Å². The lowest BCUT2D eigenvalue weighted by molar-refractivity contribution is 1.16. The van der Waals surface area contributed by atoms with E-state index in [0.29, 0.717) is 5.82 Å². The minimum absolute atomic E-state index is 0.670. The minimum Gasteiger partial charge on any atom is -0.309 e. The Balaban J connectivity index is 1.18. The highest BCUT2D eigenvalue weighted by Gasteiger charge is 2.17. The number of fused-ring (bicyclic) bond motifs is 5. The molecule has 0 radical (unpaired) electrons. The van der Waals surface area contributed by atoms with Crippen molar-refractivity contribution in [2.45, 2.75) is 0 Å². The zero-order valence-corrected chi connectivity index (χ0v) is 25.4. The number of aromatic nitrogens is 5. The van der Waals surface area contributed by atoms with Crippen LogP contribution >= 0.6 is 11.3 Å². The maximum absolute atomic E-state index is 4.99. The van der Waals surface area contributed by atoms with Crippen LogP contribution in [-0.4, -0.2) is 24.5 Å². The highest BCUT2D eigenvalue weighted by molar-refractivity contribution is 7.23. The van der Waals surface area contributed by atoms with Crippen LogP contribution in [0.3, 0.4) is 0 Å². The summed E-state index contributed by atoms with van der Waals surface area (Å²) in [7, 11) is 0. The number of nitrogens with zero attached hydrogens (tertiary/aromatic N) is 5. The number of benzene rings is 4. The third-order valence-electron chi connectivity index (χ3n) is 8.44. The summed E-state index contributed by atoms with van der Waals surface area (Å²) >= 11 is 1.86. The van der Waals surface area contributed by atoms with Gasteiger partial charge in [-0.1, -0.05) is 54.6 Å². The van der Waals surface area contributed by atoms with Gasteiger partial charge in [-0.15, -0.1) is 11.3 Å². The number of thiophene rings is 1. The van der Waals surface area contributed by atoms with Crippen LogP contribution in [0.1, 0.15) is 0 Å². The van der Waals surface area contributed by atoms with Crippen LogP contribution in [0.15, 0.2) is 152 Å². The van der Waals surface area contributed by atoms with E-state index in [4.69, 9.17) is 9.97 Å². The van der Waals surface area contributed by atoms with Crippen LogP contribution in [0.4, 0.5) is 0 Å². The fraction of sp³-hybridized carbons (Fsp3) is 0. The largest absolute Gasteiger partial charge is 0.309 e. The molecule has 0 saturated carbocycles. The Labute approximate surface area is 269 Å². The van der Waals surface area contributed by atoms with Crippen molar-refractivity contribution in [1.29, 1.82) is 0 Å². The van der Waals surface area contributed by atoms with E-state index in [1.807, 2.05) is 41.7 Å². The molecule has 0 aliphatic heterocycles. The molecule has 0 unspecified atom stereocenters. The second kappa shape index (κ2) is 10.9. The van der Waals surface area contributed by atoms with Gasteiger partial charge >= 0.3 is 0 Å². The average molecular weight is 608 g/mol. The predicted octanol–water partition coefficient (Wildman–Crippen LogP) is 10.2. The molecule has 0 amide bonds. The first-order valence-electron chi connectivity index (χ1n) is 15.1. The fourth-order valence-corrected chi connectivity index (χ4v) is 7.47. The SMILES string of the molecule is c1ccc(-c2cc3ccc4c(c5ccccc5n4-c4ccc(-c5nc(-c6ccncc6)cc(-c6ccncc6)n5)cc4)c3s2)cc1. The summed E-state index contributed by atoms with van der Waals surface area (Å²) in [5, 5.41) is 3.81. The molecule has 4 aromatic carbocycles. The molecule has 0 aliphatic carbocycles. The standard InChI is InChI=1S/C40H25N5S/c1-2-6-28(7-3-1)37-24-30-12-15-36-38(39(30)46-37)32-8-4-5-9-35(32)45(36)31-13-10-29(11-14-31)40-43-33(26-16-20-41-21-17-26)25-34(44-40)27-18-22-42-23-19-27/h1-25H. The van der Waals surface area contributed by atoms with Gasteiger partial charge in [0.25, 0.3) is 0 Å². The lowest BCUT2D eigenvalue weighted by atomic mass is 10.1. The summed E-state index contributed by atoms with van der Waals surface area (Å²) in [5.41, 5.74) is 9.34. The molecule has 0 saturated heterocycles. The van der Waals surface area contributed by atoms with Crippen molar-refractivity contribution in [3.05, 3.63) is 152 Å². The van der Waals surface area contributed by atoms with Crippen LogP contribution in [0.25, 0.3) is 81.9 Å². The van der Waals surface area contributed by atoms with E-state index in [9.17, 15) is 0 Å². The van der Waals surface area contributed by atoms with Gasteiger partial charge in [0.1, 0.15) is 0 Å². The van der Waals surface area contributed by atoms with Crippen LogP contribution in [-0.2, 0) is 0 Å². The molecule has 0 aliphatic rings. The highest BCUT2D eigenvalue weighted by Crippen LogP contribution is 2.42. The fourth-order valence-electron chi connectivity index (χ4n) is 6.25. The van der Waals surface area contributed by atoms with Crippen molar-refractivity contribution >= 4 is 43.2 Å². The first-order chi connectivity index (χ1) is 22.8. The summed E-state index contributed by atoms with van der Waals surface area (Å²) in [6.45, 7) is 0. The van der Waals surface area contributed by atoms with E-state index in [1.54, 1.807) is 24.8 Å². The molecule has 9 rings (SSSR count). The van der Waals surface area contributed by atoms with Crippen molar-refractivity contribution in [3.8, 4) is 50.0 Å². The van der Waals surface area contributed by atoms with Crippen molar-refractivity contribution in [3.63, 3.8) is 0 Å². The van der Waals surface area contributed by atoms with Gasteiger partial charge < -0.3 is 4.57 Å². The van der Waals surface area contributed by atoms with E-state index >= 15 is 0 Å². The number of hydrogen-bond donors (Lipinski definition) is 0. The average Bonchev–Trinajstić information content (AvgIpc) is 3.72. The molecule has 5 heterocycles. The number of hydrogen-bond acceptors (Lipinski definition) is 5. The molecule has 46 heavy (non-hydrogen) atoms. The summed E-state index contributed by atoms with van der Waals surface area (Å²) in [5.74, 6) is 0.670. The maximum Gasteiger partial charge on any atom is 0.160 e. The molecule has 0 spiro atoms. The molecule has 0 bridgehead atoms. The molecule has 0 fully saturated rings. The number of pyridine rings is 2. The Morgan fingerprint density at radius 2 is 1.15 bits per heavy atom. The molecule has 216 valence electrons. The van der Waals surface area contributed by atoms with Gasteiger partial charge in [-0.05, 0) is 83.7 Å². The van der Waals surface area contributed by atoms with Crippen molar-refractivity contribution < 1.29 is 0 Å². The Kier molecular flexibility index (Phi) is 6.25. The van der Waals surface area contributed by atoms with E-state index in [2.05, 4.69) is 112 Å². The van der Waals surface area contributed by atoms with Crippen LogP contribution in [0.5, 0.6) is 0 Å². The quantitative estimate of drug-likeness (QED) is 0.195. The monoisotopic (exact) mass is 607 g/mol. The molecule has 0 atom stereocenters. The zero-order chi connectivity index (χ0) is 30.5. The van der Waals surface area contributed by atoms with E-state index in [1.165, 1.54) is 42.3 Å². The number of para-hydroxylation sites is 1. The molecule has 5 nitrogen and oxygen atoms in total. The second-order valence-electron chi connectivity index (χ2n) is 11.2. The lowest BCUT2D eigenvalue weighted by Gasteiger charge is -2.11. The molecular formula is C40H25N5S. The summed E-state index contributed by atoms with van der Waals surface area (Å²) < 4.78 is 3.68. The van der Waals surface area contributed by atoms with Crippen LogP contribution < -0.4 is 0 Å². The predicted molar refractivity (Wildman–Crippen MR) is 189 cm³/mol. The molecule has 0 N–H and O–H groups in total. The van der Waals surface area contributed by atoms with Gasteiger partial charge in [-0.25, -0.2) is 9.97 Å². The van der Waals surface area contributed by atoms with Crippen molar-refractivity contribution in [2.75, 3.05) is 0 Å². The molecular weight excluding hydrogens is 583 g/mol. The summed E-state index contributed by atoms with van der Waals surface area (Å²) in [6, 6.07) is 44.7. The Bertz CT molecular complexity index is 2440. The van der Waals surface area contributed by atoms with Crippen LogP contribution in [0, 0.1) is 0 Å². The Morgan fingerprint density at radius 1 is 0.500 bits per heavy atom. The second-order valence-corrected chi connectivity index (χ2v) is 12.2. The third kappa shape index (κ3) is 4.47. The zero-order valence-electron chi connectivity index (χ0n) is 24.6. The minimum atomic E-state index is 0.670. The summed E-state index contributed by atoms with van der Waals surface area (Å²) in [6.07, 6.45) is 7.15. The van der Waals surface area contributed by atoms with Gasteiger partial charge in [0.2, 0.25) is 0 Å². The van der Waals surface area contributed by atoms with Gasteiger partial charge in [-0.3, -0.25) is 9.97 Å². The van der Waals surface area contributed by atoms with Gasteiger partial charge in [-0.2, -0.15) is 0 Å². The van der Waals surface area contributed by atoms with Crippen molar-refractivity contribution in [1.82, 2.24) is 24.5 Å². The van der Waals surface area contributed by atoms with E-state index in [0.717, 1.165) is 33.8 Å². The van der Waals surface area contributed by atoms with Gasteiger partial charge in [0.05, 0.1) is 22.4 Å². The lowest BCUT2D eigenvalue weighted by Crippen LogP contribution is -1.97. The topological polar surface area (TPSA) is 56.5 Å². The smallest absolute Gasteiger partial charge is 0.160 e. The molecule has 6 heteroatoms. The maximum atomic E-state index is 4.99. The third-order valence-corrected chi connectivity index (χ3v) is 9.66. The van der Waals surface area contributed by atoms with Gasteiger partial charge in [0.15, 0.2) is 5.82 Å². The van der Waals surface area contributed by atoms with Gasteiger partial charge in [0, 0.05) is 67.5 Å². The van der Waals surface area contributed by atoms with E-state index in [-0.39, 0.29) is 0 Å². The molecule has 9 aromatic rings. The summed E-state index contributed by atoms with van der Waals surface area (Å²) in [4.78, 5) is 19.6. The van der Waals surface area contributed by atoms with Crippen molar-refractivity contribution in [2.24, 2.45) is 0 Å². The Morgan fingerprint density at radius 3 is 1.85 bits per heavy atom. The normalized spacial score (nSPS) is 11.5.